The molecule has 0 aliphatic heterocycles. The van der Waals surface area contributed by atoms with E-state index in [2.05, 4.69) is 43.6 Å². The van der Waals surface area contributed by atoms with Crippen LogP contribution in [-0.2, 0) is 4.79 Å². The van der Waals surface area contributed by atoms with Crippen molar-refractivity contribution in [1.82, 2.24) is 0 Å². The van der Waals surface area contributed by atoms with Crippen LogP contribution < -0.4 is 0 Å². The number of fused-ring (bicyclic) bond motifs is 1. The van der Waals surface area contributed by atoms with E-state index in [1.807, 2.05) is 30.3 Å². The molecule has 0 amide bonds. The zero-order valence-electron chi connectivity index (χ0n) is 12.4. The van der Waals surface area contributed by atoms with Crippen LogP contribution in [0.3, 0.4) is 0 Å². The van der Waals surface area contributed by atoms with Gasteiger partial charge in [-0.3, -0.25) is 4.79 Å². The quantitative estimate of drug-likeness (QED) is 0.522. The first-order chi connectivity index (χ1) is 10.1. The predicted molar refractivity (Wildman–Crippen MR) is 84.2 cm³/mol. The Balaban J connectivity index is 1.70. The van der Waals surface area contributed by atoms with Gasteiger partial charge in [0.1, 0.15) is 0 Å². The predicted octanol–water partition coefficient (Wildman–Crippen LogP) is 3.60. The summed E-state index contributed by atoms with van der Waals surface area (Å²) in [4.78, 5) is 11.8. The fourth-order valence-corrected chi connectivity index (χ4v) is 3.30. The van der Waals surface area contributed by atoms with E-state index in [9.17, 15) is 4.79 Å². The molecule has 0 heterocycles. The van der Waals surface area contributed by atoms with Crippen LogP contribution in [0.2, 0.25) is 0 Å². The summed E-state index contributed by atoms with van der Waals surface area (Å²) >= 11 is 0. The molecule has 4 rings (SSSR count). The number of benzene rings is 1. The molecule has 1 nitrogen and oxygen atoms in total. The lowest BCUT2D eigenvalue weighted by atomic mass is 9.49. The lowest BCUT2D eigenvalue weighted by molar-refractivity contribution is -0.108. The number of rotatable bonds is 0. The van der Waals surface area contributed by atoms with Gasteiger partial charge in [-0.15, -0.1) is 0 Å². The summed E-state index contributed by atoms with van der Waals surface area (Å²) in [6, 6.07) is 9.50. The van der Waals surface area contributed by atoms with Gasteiger partial charge in [0.25, 0.3) is 5.78 Å². The molecule has 1 saturated carbocycles. The zero-order chi connectivity index (χ0) is 14.9. The Kier molecular flexibility index (Phi) is 3.44. The van der Waals surface area contributed by atoms with Gasteiger partial charge in [-0.25, -0.2) is 0 Å². The van der Waals surface area contributed by atoms with Crippen LogP contribution in [0.1, 0.15) is 32.3 Å². The van der Waals surface area contributed by atoms with E-state index in [1.54, 1.807) is 0 Å². The molecule has 1 heteroatoms. The summed E-state index contributed by atoms with van der Waals surface area (Å²) in [7, 11) is 0. The first-order valence-electron chi connectivity index (χ1n) is 7.40. The SMILES string of the molecule is CC1(C)C2CC=C(C#CC(=O)C#Cc3ccccc3)C1C2. The van der Waals surface area contributed by atoms with E-state index in [4.69, 9.17) is 0 Å². The molecular formula is C20H18O. The number of hydrogen-bond donors (Lipinski definition) is 0. The monoisotopic (exact) mass is 274 g/mol. The summed E-state index contributed by atoms with van der Waals surface area (Å²) in [6.07, 6.45) is 4.52. The third-order valence-corrected chi connectivity index (χ3v) is 4.88. The lowest BCUT2D eigenvalue weighted by Gasteiger charge is -2.55. The van der Waals surface area contributed by atoms with E-state index in [-0.39, 0.29) is 5.78 Å². The van der Waals surface area contributed by atoms with Gasteiger partial charge in [-0.2, -0.15) is 0 Å². The second-order valence-electron chi connectivity index (χ2n) is 6.40. The summed E-state index contributed by atoms with van der Waals surface area (Å²) in [5, 5.41) is 0. The van der Waals surface area contributed by atoms with Gasteiger partial charge in [-0.05, 0) is 54.1 Å². The van der Waals surface area contributed by atoms with Crippen molar-refractivity contribution in [2.75, 3.05) is 0 Å². The summed E-state index contributed by atoms with van der Waals surface area (Å²) in [5.41, 5.74) is 2.32. The first kappa shape index (κ1) is 13.7. The average Bonchev–Trinajstić information content (AvgIpc) is 2.52. The Morgan fingerprint density at radius 1 is 1.14 bits per heavy atom. The number of hydrogen-bond acceptors (Lipinski definition) is 1. The van der Waals surface area contributed by atoms with E-state index in [0.29, 0.717) is 11.3 Å². The first-order valence-corrected chi connectivity index (χ1v) is 7.40. The molecule has 0 radical (unpaired) electrons. The molecule has 0 saturated heterocycles. The maximum atomic E-state index is 11.8. The number of Topliss-reactive ketones (excluding diaryl/α,β-unsaturated/α-hetero) is 1. The molecule has 1 fully saturated rings. The molecule has 2 unspecified atom stereocenters. The Hall–Kier alpha value is -2.25. The smallest absolute Gasteiger partial charge is 0.270 e. The molecule has 104 valence electrons. The van der Waals surface area contributed by atoms with Crippen molar-refractivity contribution in [2.45, 2.75) is 26.7 Å². The number of allylic oxidation sites excluding steroid dienone is 2. The van der Waals surface area contributed by atoms with Gasteiger partial charge in [-0.1, -0.05) is 50.0 Å². The molecule has 0 aromatic heterocycles. The Morgan fingerprint density at radius 3 is 2.52 bits per heavy atom. The molecule has 0 spiro atoms. The van der Waals surface area contributed by atoms with E-state index in [1.165, 1.54) is 6.42 Å². The van der Waals surface area contributed by atoms with Crippen molar-refractivity contribution >= 4 is 5.78 Å². The molecule has 0 N–H and O–H groups in total. The van der Waals surface area contributed by atoms with E-state index in [0.717, 1.165) is 23.5 Å². The van der Waals surface area contributed by atoms with Crippen molar-refractivity contribution in [1.29, 1.82) is 0 Å². The van der Waals surface area contributed by atoms with Crippen molar-refractivity contribution in [3.05, 3.63) is 47.5 Å². The standard InChI is InChI=1S/C20H18O/c1-20(2)17-11-9-16(19(20)14-17)10-13-18(21)12-8-15-6-4-3-5-7-15/h3-7,9,17,19H,11,14H2,1-2H3. The Morgan fingerprint density at radius 2 is 1.86 bits per heavy atom. The van der Waals surface area contributed by atoms with Crippen LogP contribution in [-0.4, -0.2) is 5.78 Å². The third-order valence-electron chi connectivity index (χ3n) is 4.88. The minimum atomic E-state index is -0.306. The van der Waals surface area contributed by atoms with Gasteiger partial charge in [0, 0.05) is 11.1 Å². The van der Waals surface area contributed by atoms with Gasteiger partial charge in [0.05, 0.1) is 0 Å². The van der Waals surface area contributed by atoms with Crippen LogP contribution in [0.15, 0.2) is 42.0 Å². The van der Waals surface area contributed by atoms with Crippen LogP contribution in [0.25, 0.3) is 0 Å². The molecule has 21 heavy (non-hydrogen) atoms. The second kappa shape index (κ2) is 5.27. The number of ketones is 1. The van der Waals surface area contributed by atoms with Crippen LogP contribution in [0.4, 0.5) is 0 Å². The maximum Gasteiger partial charge on any atom is 0.279 e. The zero-order valence-corrected chi connectivity index (χ0v) is 12.4. The number of carbonyl (C=O) groups excluding carboxylic acids is 1. The molecular weight excluding hydrogens is 256 g/mol. The van der Waals surface area contributed by atoms with Crippen LogP contribution >= 0.6 is 0 Å². The Labute approximate surface area is 126 Å². The molecule has 3 aliphatic carbocycles. The fourth-order valence-electron chi connectivity index (χ4n) is 3.30. The van der Waals surface area contributed by atoms with Gasteiger partial charge in [0.15, 0.2) is 0 Å². The topological polar surface area (TPSA) is 17.1 Å². The van der Waals surface area contributed by atoms with Crippen molar-refractivity contribution < 1.29 is 4.79 Å². The highest BCUT2D eigenvalue weighted by Crippen LogP contribution is 2.58. The van der Waals surface area contributed by atoms with E-state index >= 15 is 0 Å². The van der Waals surface area contributed by atoms with Crippen molar-refractivity contribution in [3.63, 3.8) is 0 Å². The highest BCUT2D eigenvalue weighted by Gasteiger charge is 2.50. The average molecular weight is 274 g/mol. The van der Waals surface area contributed by atoms with Crippen LogP contribution in [0.5, 0.6) is 0 Å². The Bertz CT molecular complexity index is 714. The molecule has 2 bridgehead atoms. The normalized spacial score (nSPS) is 24.4. The fraction of sp³-hybridized carbons (Fsp3) is 0.350. The summed E-state index contributed by atoms with van der Waals surface area (Å²) in [6.45, 7) is 4.61. The van der Waals surface area contributed by atoms with Gasteiger partial charge >= 0.3 is 0 Å². The van der Waals surface area contributed by atoms with Crippen molar-refractivity contribution in [3.8, 4) is 23.7 Å². The second-order valence-corrected chi connectivity index (χ2v) is 6.40. The van der Waals surface area contributed by atoms with Crippen LogP contribution in [0, 0.1) is 40.9 Å². The maximum absolute atomic E-state index is 11.8. The summed E-state index contributed by atoms with van der Waals surface area (Å²) < 4.78 is 0. The number of carbonyl (C=O) groups is 1. The minimum Gasteiger partial charge on any atom is -0.270 e. The third kappa shape index (κ3) is 2.65. The van der Waals surface area contributed by atoms with Crippen molar-refractivity contribution in [2.24, 2.45) is 17.3 Å². The van der Waals surface area contributed by atoms with E-state index < -0.39 is 0 Å². The highest BCUT2D eigenvalue weighted by molar-refractivity contribution is 6.09. The van der Waals surface area contributed by atoms with Gasteiger partial charge in [0.2, 0.25) is 0 Å². The highest BCUT2D eigenvalue weighted by atomic mass is 16.1. The molecule has 3 aliphatic rings. The lowest BCUT2D eigenvalue weighted by Crippen LogP contribution is -2.47. The molecule has 2 atom stereocenters. The largest absolute Gasteiger partial charge is 0.279 e. The summed E-state index contributed by atoms with van der Waals surface area (Å²) in [5.74, 6) is 12.2. The van der Waals surface area contributed by atoms with Gasteiger partial charge < -0.3 is 0 Å². The minimum absolute atomic E-state index is 0.306. The molecule has 1 aromatic carbocycles. The molecule has 1 aromatic rings.